The summed E-state index contributed by atoms with van der Waals surface area (Å²) in [4.78, 5) is 20.5. The molecule has 1 aromatic heterocycles. The number of carbonyl (C=O) groups is 1. The number of aliphatic hydroxyl groups is 4. The zero-order chi connectivity index (χ0) is 35.1. The summed E-state index contributed by atoms with van der Waals surface area (Å²) in [5.74, 6) is 1.34. The van der Waals surface area contributed by atoms with Gasteiger partial charge in [0.25, 0.3) is 0 Å². The largest absolute Gasteiger partial charge is 0.490 e. The molecule has 2 saturated carbocycles. The van der Waals surface area contributed by atoms with Gasteiger partial charge in [-0.1, -0.05) is 29.8 Å². The SMILES string of the molecule is O=C(CC(O)C(O)C(O)CO)N(CCCSc1ccc(Cl)c(COC2(c3cnccc3-c3ccccc3OC3CC3)CC2)c1)C1CCOCC1. The molecular weight excluding hydrogens is 680 g/mol. The van der Waals surface area contributed by atoms with Gasteiger partial charge in [-0.2, -0.15) is 0 Å². The Balaban J connectivity index is 1.06. The first-order valence-electron chi connectivity index (χ1n) is 17.6. The van der Waals surface area contributed by atoms with Crippen LogP contribution >= 0.6 is 23.4 Å². The van der Waals surface area contributed by atoms with Crippen LogP contribution in [-0.4, -0.2) is 98.8 Å². The third kappa shape index (κ3) is 9.37. The van der Waals surface area contributed by atoms with Crippen LogP contribution in [0.3, 0.4) is 0 Å². The highest BCUT2D eigenvalue weighted by Crippen LogP contribution is 2.53. The fourth-order valence-corrected chi connectivity index (χ4v) is 7.51. The molecule has 1 saturated heterocycles. The third-order valence-corrected chi connectivity index (χ3v) is 11.1. The number of amides is 1. The second kappa shape index (κ2) is 17.2. The van der Waals surface area contributed by atoms with Gasteiger partial charge in [-0.05, 0) is 92.2 Å². The van der Waals surface area contributed by atoms with Crippen LogP contribution in [0.25, 0.3) is 11.1 Å². The van der Waals surface area contributed by atoms with Crippen LogP contribution < -0.4 is 4.74 Å². The van der Waals surface area contributed by atoms with E-state index in [1.807, 2.05) is 48.8 Å². The Kier molecular flexibility index (Phi) is 12.7. The molecule has 3 unspecified atom stereocenters. The minimum absolute atomic E-state index is 0.0260. The number of aromatic nitrogens is 1. The lowest BCUT2D eigenvalue weighted by Crippen LogP contribution is -2.47. The molecule has 0 radical (unpaired) electrons. The first-order valence-corrected chi connectivity index (χ1v) is 18.9. The Hall–Kier alpha value is -2.74. The summed E-state index contributed by atoms with van der Waals surface area (Å²) in [5.41, 5.74) is 3.65. The van der Waals surface area contributed by atoms with E-state index in [0.29, 0.717) is 56.8 Å². The van der Waals surface area contributed by atoms with Crippen molar-refractivity contribution in [2.45, 2.75) is 98.9 Å². The summed E-state index contributed by atoms with van der Waals surface area (Å²) >= 11 is 8.34. The summed E-state index contributed by atoms with van der Waals surface area (Å²) in [7, 11) is 0. The van der Waals surface area contributed by atoms with Gasteiger partial charge in [-0.25, -0.2) is 0 Å². The van der Waals surface area contributed by atoms with Gasteiger partial charge in [0, 0.05) is 59.2 Å². The van der Waals surface area contributed by atoms with Crippen molar-refractivity contribution in [2.24, 2.45) is 0 Å². The number of carbonyl (C=O) groups excluding carboxylic acids is 1. The predicted octanol–water partition coefficient (Wildman–Crippen LogP) is 5.10. The van der Waals surface area contributed by atoms with Gasteiger partial charge in [-0.15, -0.1) is 11.8 Å². The average molecular weight is 727 g/mol. The normalized spacial score (nSPS) is 19.1. The van der Waals surface area contributed by atoms with Crippen molar-refractivity contribution in [3.05, 3.63) is 77.1 Å². The van der Waals surface area contributed by atoms with Crippen molar-refractivity contribution < 1.29 is 39.4 Å². The number of nitrogens with zero attached hydrogens (tertiary/aromatic N) is 2. The molecule has 270 valence electrons. The molecular formula is C38H47ClN2O8S. The highest BCUT2D eigenvalue weighted by molar-refractivity contribution is 7.99. The van der Waals surface area contributed by atoms with E-state index in [4.69, 9.17) is 30.9 Å². The number of pyridine rings is 1. The minimum atomic E-state index is -1.61. The van der Waals surface area contributed by atoms with Crippen molar-refractivity contribution >= 4 is 29.3 Å². The molecule has 3 aliphatic rings. The Morgan fingerprint density at radius 2 is 1.82 bits per heavy atom. The Bertz CT molecular complexity index is 1580. The minimum Gasteiger partial charge on any atom is -0.490 e. The number of thioether (sulfide) groups is 1. The van der Waals surface area contributed by atoms with Crippen molar-refractivity contribution in [2.75, 3.05) is 32.1 Å². The van der Waals surface area contributed by atoms with Crippen LogP contribution in [0.15, 0.2) is 65.8 Å². The van der Waals surface area contributed by atoms with E-state index >= 15 is 0 Å². The molecule has 2 aliphatic carbocycles. The summed E-state index contributed by atoms with van der Waals surface area (Å²) in [5, 5.41) is 39.9. The number of aliphatic hydroxyl groups excluding tert-OH is 4. The molecule has 2 heterocycles. The van der Waals surface area contributed by atoms with Gasteiger partial charge in [0.15, 0.2) is 0 Å². The van der Waals surface area contributed by atoms with Gasteiger partial charge in [-0.3, -0.25) is 9.78 Å². The molecule has 6 rings (SSSR count). The van der Waals surface area contributed by atoms with Gasteiger partial charge < -0.3 is 39.5 Å². The number of ether oxygens (including phenoxy) is 3. The maximum absolute atomic E-state index is 13.3. The van der Waals surface area contributed by atoms with Crippen LogP contribution in [0.5, 0.6) is 5.75 Å². The first kappa shape index (κ1) is 37.0. The number of rotatable bonds is 18. The first-order chi connectivity index (χ1) is 24.3. The van der Waals surface area contributed by atoms with Gasteiger partial charge in [0.1, 0.15) is 18.0 Å². The Labute approximate surface area is 302 Å². The molecule has 12 heteroatoms. The van der Waals surface area contributed by atoms with E-state index in [1.165, 1.54) is 0 Å². The fraction of sp³-hybridized carbons (Fsp3) is 0.526. The number of halogens is 1. The maximum Gasteiger partial charge on any atom is 0.225 e. The lowest BCUT2D eigenvalue weighted by molar-refractivity contribution is -0.142. The smallest absolute Gasteiger partial charge is 0.225 e. The quantitative estimate of drug-likeness (QED) is 0.103. The zero-order valence-corrected chi connectivity index (χ0v) is 29.7. The molecule has 1 aliphatic heterocycles. The zero-order valence-electron chi connectivity index (χ0n) is 28.2. The topological polar surface area (TPSA) is 142 Å². The lowest BCUT2D eigenvalue weighted by Gasteiger charge is -2.35. The number of hydrogen-bond acceptors (Lipinski definition) is 10. The molecule has 1 amide bonds. The van der Waals surface area contributed by atoms with Gasteiger partial charge in [0.05, 0.1) is 37.4 Å². The second-order valence-electron chi connectivity index (χ2n) is 13.4. The van der Waals surface area contributed by atoms with E-state index in [0.717, 1.165) is 64.3 Å². The molecule has 0 bridgehead atoms. The summed E-state index contributed by atoms with van der Waals surface area (Å²) in [6.45, 7) is 1.24. The second-order valence-corrected chi connectivity index (χ2v) is 15.0. The third-order valence-electron chi connectivity index (χ3n) is 9.66. The van der Waals surface area contributed by atoms with Gasteiger partial charge in [0.2, 0.25) is 5.91 Å². The molecule has 50 heavy (non-hydrogen) atoms. The average Bonchev–Trinajstić information content (AvgIpc) is 4.09. The number of para-hydroxylation sites is 1. The molecule has 2 aromatic carbocycles. The molecule has 3 aromatic rings. The van der Waals surface area contributed by atoms with Crippen molar-refractivity contribution in [1.29, 1.82) is 0 Å². The number of benzene rings is 2. The number of hydrogen-bond donors (Lipinski definition) is 4. The predicted molar refractivity (Wildman–Crippen MR) is 191 cm³/mol. The van der Waals surface area contributed by atoms with E-state index < -0.39 is 30.5 Å². The Morgan fingerprint density at radius 1 is 1.04 bits per heavy atom. The van der Waals surface area contributed by atoms with Crippen LogP contribution in [0.4, 0.5) is 0 Å². The molecule has 3 fully saturated rings. The highest BCUT2D eigenvalue weighted by atomic mass is 35.5. The maximum atomic E-state index is 13.3. The van der Waals surface area contributed by atoms with Crippen LogP contribution in [-0.2, 0) is 26.5 Å². The van der Waals surface area contributed by atoms with E-state index in [-0.39, 0.29) is 18.4 Å². The van der Waals surface area contributed by atoms with Crippen LogP contribution in [0, 0.1) is 0 Å². The summed E-state index contributed by atoms with van der Waals surface area (Å²) in [6, 6.07) is 16.1. The Morgan fingerprint density at radius 3 is 2.56 bits per heavy atom. The molecule has 3 atom stereocenters. The summed E-state index contributed by atoms with van der Waals surface area (Å²) < 4.78 is 18.4. The van der Waals surface area contributed by atoms with Crippen molar-refractivity contribution in [1.82, 2.24) is 9.88 Å². The molecule has 0 spiro atoms. The van der Waals surface area contributed by atoms with Crippen molar-refractivity contribution in [3.8, 4) is 16.9 Å². The van der Waals surface area contributed by atoms with Gasteiger partial charge >= 0.3 is 0 Å². The monoisotopic (exact) mass is 726 g/mol. The van der Waals surface area contributed by atoms with Crippen LogP contribution in [0.2, 0.25) is 5.02 Å². The highest BCUT2D eigenvalue weighted by Gasteiger charge is 2.48. The standard InChI is InChI=1S/C38H47ClN2O8S/c39-32-9-8-28(50-19-3-16-41(26-11-17-47-18-12-26)36(45)21-33(43)37(46)34(44)23-42)20-25(32)24-48-38(13-14-38)31-22-40-15-10-29(31)30-4-1-2-5-35(30)49-27-6-7-27/h1-2,4-5,8-10,15,20,22,26-27,33-34,37,42-44,46H,3,6-7,11-14,16-19,21,23-24H2. The van der Waals surface area contributed by atoms with E-state index in [1.54, 1.807) is 16.7 Å². The van der Waals surface area contributed by atoms with E-state index in [9.17, 15) is 20.1 Å². The van der Waals surface area contributed by atoms with E-state index in [2.05, 4.69) is 17.1 Å². The van der Waals surface area contributed by atoms with Crippen LogP contribution in [0.1, 0.15) is 62.5 Å². The lowest BCUT2D eigenvalue weighted by atomic mass is 9.96. The molecule has 10 nitrogen and oxygen atoms in total. The fourth-order valence-electron chi connectivity index (χ4n) is 6.44. The van der Waals surface area contributed by atoms with Crippen molar-refractivity contribution in [3.63, 3.8) is 0 Å². The molecule has 4 N–H and O–H groups in total. The summed E-state index contributed by atoms with van der Waals surface area (Å²) in [6.07, 6.45) is 5.14.